The molecule has 0 aliphatic carbocycles. The molecule has 0 fully saturated rings. The highest BCUT2D eigenvalue weighted by molar-refractivity contribution is 7.11. The monoisotopic (exact) mass is 306 g/mol. The molecule has 1 heterocycles. The summed E-state index contributed by atoms with van der Waals surface area (Å²) in [5, 5.41) is 13.1. The van der Waals surface area contributed by atoms with Gasteiger partial charge in [0.05, 0.1) is 30.5 Å². The standard InChI is InChI=1S/C15H18N2O3S/c1-9(17-15(19)14-10(2)16-8-21-14)13(18)11-4-6-12(20-3)7-5-11/h4-9,13,18H,1-3H3,(H,17,19). The minimum absolute atomic E-state index is 0.213. The van der Waals surface area contributed by atoms with E-state index in [9.17, 15) is 9.90 Å². The molecule has 2 unspecified atom stereocenters. The first-order valence-corrected chi connectivity index (χ1v) is 7.44. The van der Waals surface area contributed by atoms with Crippen molar-refractivity contribution in [3.05, 3.63) is 45.9 Å². The molecular formula is C15H18N2O3S. The van der Waals surface area contributed by atoms with Gasteiger partial charge in [0, 0.05) is 0 Å². The molecule has 1 amide bonds. The highest BCUT2D eigenvalue weighted by atomic mass is 32.1. The predicted octanol–water partition coefficient (Wildman–Crippen LogP) is 2.31. The van der Waals surface area contributed by atoms with Gasteiger partial charge in [-0.25, -0.2) is 4.98 Å². The zero-order valence-electron chi connectivity index (χ0n) is 12.2. The maximum absolute atomic E-state index is 12.1. The van der Waals surface area contributed by atoms with Gasteiger partial charge in [-0.2, -0.15) is 0 Å². The Hall–Kier alpha value is -1.92. The molecule has 2 atom stereocenters. The highest BCUT2D eigenvalue weighted by Crippen LogP contribution is 2.21. The maximum atomic E-state index is 12.1. The Morgan fingerprint density at radius 1 is 1.38 bits per heavy atom. The zero-order chi connectivity index (χ0) is 15.4. The molecular weight excluding hydrogens is 288 g/mol. The number of methoxy groups -OCH3 is 1. The van der Waals surface area contributed by atoms with E-state index < -0.39 is 12.1 Å². The lowest BCUT2D eigenvalue weighted by atomic mass is 10.0. The number of rotatable bonds is 5. The lowest BCUT2D eigenvalue weighted by molar-refractivity contribution is 0.0855. The molecule has 2 aromatic rings. The molecule has 2 rings (SSSR count). The number of aliphatic hydroxyl groups excluding tert-OH is 1. The summed E-state index contributed by atoms with van der Waals surface area (Å²) in [6, 6.07) is 6.71. The summed E-state index contributed by atoms with van der Waals surface area (Å²) in [5.41, 5.74) is 3.06. The predicted molar refractivity (Wildman–Crippen MR) is 81.7 cm³/mol. The van der Waals surface area contributed by atoms with Crippen LogP contribution in [0.4, 0.5) is 0 Å². The lowest BCUT2D eigenvalue weighted by Crippen LogP contribution is -2.37. The van der Waals surface area contributed by atoms with Crippen LogP contribution in [0.1, 0.15) is 34.0 Å². The molecule has 0 aliphatic heterocycles. The van der Waals surface area contributed by atoms with Crippen LogP contribution in [0.3, 0.4) is 0 Å². The summed E-state index contributed by atoms with van der Waals surface area (Å²) in [4.78, 5) is 16.7. The fourth-order valence-electron chi connectivity index (χ4n) is 1.96. The summed E-state index contributed by atoms with van der Waals surface area (Å²) >= 11 is 1.29. The number of carbonyl (C=O) groups is 1. The third-order valence-corrected chi connectivity index (χ3v) is 4.17. The van der Waals surface area contributed by atoms with Gasteiger partial charge in [0.2, 0.25) is 0 Å². The van der Waals surface area contributed by atoms with E-state index >= 15 is 0 Å². The van der Waals surface area contributed by atoms with Crippen molar-refractivity contribution in [2.24, 2.45) is 0 Å². The van der Waals surface area contributed by atoms with Crippen molar-refractivity contribution in [2.75, 3.05) is 7.11 Å². The van der Waals surface area contributed by atoms with E-state index in [1.807, 2.05) is 0 Å². The fourth-order valence-corrected chi connectivity index (χ4v) is 2.67. The number of aryl methyl sites for hydroxylation is 1. The lowest BCUT2D eigenvalue weighted by Gasteiger charge is -2.20. The largest absolute Gasteiger partial charge is 0.497 e. The first-order chi connectivity index (χ1) is 10.0. The van der Waals surface area contributed by atoms with E-state index in [4.69, 9.17) is 4.74 Å². The van der Waals surface area contributed by atoms with E-state index in [0.29, 0.717) is 10.6 Å². The van der Waals surface area contributed by atoms with Gasteiger partial charge in [0.15, 0.2) is 0 Å². The van der Waals surface area contributed by atoms with Crippen molar-refractivity contribution in [1.29, 1.82) is 0 Å². The van der Waals surface area contributed by atoms with Crippen LogP contribution >= 0.6 is 11.3 Å². The molecule has 2 N–H and O–H groups in total. The van der Waals surface area contributed by atoms with Crippen LogP contribution in [0.2, 0.25) is 0 Å². The van der Waals surface area contributed by atoms with Gasteiger partial charge < -0.3 is 15.2 Å². The number of amides is 1. The molecule has 1 aromatic carbocycles. The number of benzene rings is 1. The van der Waals surface area contributed by atoms with Gasteiger partial charge in [-0.1, -0.05) is 12.1 Å². The van der Waals surface area contributed by atoms with E-state index in [2.05, 4.69) is 10.3 Å². The van der Waals surface area contributed by atoms with E-state index in [1.165, 1.54) is 11.3 Å². The molecule has 0 radical (unpaired) electrons. The first-order valence-electron chi connectivity index (χ1n) is 6.56. The number of thiazole rings is 1. The molecule has 0 spiro atoms. The van der Waals surface area contributed by atoms with Crippen molar-refractivity contribution >= 4 is 17.2 Å². The van der Waals surface area contributed by atoms with Crippen LogP contribution in [0.25, 0.3) is 0 Å². The Morgan fingerprint density at radius 2 is 2.05 bits per heavy atom. The molecule has 0 aliphatic rings. The molecule has 21 heavy (non-hydrogen) atoms. The number of nitrogens with one attached hydrogen (secondary N) is 1. The van der Waals surface area contributed by atoms with Crippen LogP contribution in [0.5, 0.6) is 5.75 Å². The quantitative estimate of drug-likeness (QED) is 0.889. The number of aromatic nitrogens is 1. The second-order valence-electron chi connectivity index (χ2n) is 4.75. The molecule has 0 bridgehead atoms. The Bertz CT molecular complexity index is 610. The Balaban J connectivity index is 2.03. The third kappa shape index (κ3) is 3.59. The van der Waals surface area contributed by atoms with E-state index in [0.717, 1.165) is 11.3 Å². The van der Waals surface area contributed by atoms with Crippen LogP contribution in [-0.4, -0.2) is 29.1 Å². The van der Waals surface area contributed by atoms with Crippen molar-refractivity contribution in [3.8, 4) is 5.75 Å². The minimum Gasteiger partial charge on any atom is -0.497 e. The fraction of sp³-hybridized carbons (Fsp3) is 0.333. The number of hydrogen-bond donors (Lipinski definition) is 2. The summed E-state index contributed by atoms with van der Waals surface area (Å²) in [6.45, 7) is 3.55. The normalized spacial score (nSPS) is 13.5. The van der Waals surface area contributed by atoms with Gasteiger partial charge in [-0.05, 0) is 31.5 Å². The third-order valence-electron chi connectivity index (χ3n) is 3.24. The van der Waals surface area contributed by atoms with Crippen LogP contribution < -0.4 is 10.1 Å². The number of ether oxygens (including phenoxy) is 1. The molecule has 112 valence electrons. The highest BCUT2D eigenvalue weighted by Gasteiger charge is 2.20. The molecule has 5 nitrogen and oxygen atoms in total. The molecule has 6 heteroatoms. The zero-order valence-corrected chi connectivity index (χ0v) is 13.0. The first kappa shape index (κ1) is 15.5. The van der Waals surface area contributed by atoms with Gasteiger partial charge in [-0.15, -0.1) is 11.3 Å². The Morgan fingerprint density at radius 3 is 2.57 bits per heavy atom. The number of carbonyl (C=O) groups excluding carboxylic acids is 1. The molecule has 1 aromatic heterocycles. The van der Waals surface area contributed by atoms with Crippen molar-refractivity contribution in [1.82, 2.24) is 10.3 Å². The van der Waals surface area contributed by atoms with Gasteiger partial charge in [-0.3, -0.25) is 4.79 Å². The van der Waals surface area contributed by atoms with Gasteiger partial charge >= 0.3 is 0 Å². The second-order valence-corrected chi connectivity index (χ2v) is 5.60. The Kier molecular flexibility index (Phi) is 4.93. The van der Waals surface area contributed by atoms with Gasteiger partial charge in [0.1, 0.15) is 10.6 Å². The summed E-state index contributed by atoms with van der Waals surface area (Å²) < 4.78 is 5.08. The van der Waals surface area contributed by atoms with Crippen LogP contribution in [0.15, 0.2) is 29.8 Å². The average molecular weight is 306 g/mol. The van der Waals surface area contributed by atoms with Crippen molar-refractivity contribution in [3.63, 3.8) is 0 Å². The average Bonchev–Trinajstić information content (AvgIpc) is 2.92. The summed E-state index contributed by atoms with van der Waals surface area (Å²) in [5.74, 6) is 0.512. The SMILES string of the molecule is COc1ccc(C(O)C(C)NC(=O)c2scnc2C)cc1. The Labute approximate surface area is 127 Å². The van der Waals surface area contributed by atoms with Crippen molar-refractivity contribution < 1.29 is 14.6 Å². The number of aliphatic hydroxyl groups is 1. The summed E-state index contributed by atoms with van der Waals surface area (Å²) in [7, 11) is 1.59. The maximum Gasteiger partial charge on any atom is 0.263 e. The van der Waals surface area contributed by atoms with Crippen LogP contribution in [-0.2, 0) is 0 Å². The van der Waals surface area contributed by atoms with E-state index in [1.54, 1.807) is 50.7 Å². The molecule has 0 saturated carbocycles. The van der Waals surface area contributed by atoms with Crippen LogP contribution in [0, 0.1) is 6.92 Å². The minimum atomic E-state index is -0.784. The number of hydrogen-bond acceptors (Lipinski definition) is 5. The second kappa shape index (κ2) is 6.69. The number of nitrogens with zero attached hydrogens (tertiary/aromatic N) is 1. The van der Waals surface area contributed by atoms with Crippen molar-refractivity contribution in [2.45, 2.75) is 26.0 Å². The summed E-state index contributed by atoms with van der Waals surface area (Å²) in [6.07, 6.45) is -0.784. The van der Waals surface area contributed by atoms with Gasteiger partial charge in [0.25, 0.3) is 5.91 Å². The molecule has 0 saturated heterocycles. The topological polar surface area (TPSA) is 71.5 Å². The smallest absolute Gasteiger partial charge is 0.263 e. The van der Waals surface area contributed by atoms with E-state index in [-0.39, 0.29) is 5.91 Å².